The second-order valence-corrected chi connectivity index (χ2v) is 9.51. The largest absolute Gasteiger partial charge is 0.493 e. The van der Waals surface area contributed by atoms with E-state index >= 15 is 0 Å². The highest BCUT2D eigenvalue weighted by Crippen LogP contribution is 2.50. The number of aromatic nitrogens is 1. The van der Waals surface area contributed by atoms with Crippen LogP contribution in [0.1, 0.15) is 16.4 Å². The number of hydrogen-bond acceptors (Lipinski definition) is 5. The maximum Gasteiger partial charge on any atom is 0.308 e. The van der Waals surface area contributed by atoms with Crippen LogP contribution in [0, 0.1) is 5.92 Å². The summed E-state index contributed by atoms with van der Waals surface area (Å²) in [6.07, 6.45) is 0. The molecule has 0 saturated heterocycles. The first-order valence-electron chi connectivity index (χ1n) is 9.23. The van der Waals surface area contributed by atoms with Gasteiger partial charge in [0.1, 0.15) is 12.3 Å². The van der Waals surface area contributed by atoms with Crippen molar-refractivity contribution in [2.45, 2.75) is 17.5 Å². The van der Waals surface area contributed by atoms with Crippen molar-refractivity contribution in [2.75, 3.05) is 17.7 Å². The van der Waals surface area contributed by atoms with Gasteiger partial charge in [-0.1, -0.05) is 41.1 Å². The third kappa shape index (κ3) is 3.47. The number of carbonyl (C=O) groups excluding carboxylic acids is 1. The molecule has 5 rings (SSSR count). The fraction of sp³-hybridized carbons (Fsp3) is 0.238. The predicted molar refractivity (Wildman–Crippen MR) is 117 cm³/mol. The van der Waals surface area contributed by atoms with Crippen LogP contribution in [0.2, 0.25) is 5.02 Å². The smallest absolute Gasteiger partial charge is 0.308 e. The Morgan fingerprint density at radius 3 is 2.83 bits per heavy atom. The number of carbonyl (C=O) groups is 1. The summed E-state index contributed by atoms with van der Waals surface area (Å²) in [6, 6.07) is 14.9. The highest BCUT2D eigenvalue weighted by molar-refractivity contribution is 7.99. The summed E-state index contributed by atoms with van der Waals surface area (Å²) in [7, 11) is 0. The molecule has 0 aliphatic carbocycles. The molecule has 2 atom stereocenters. The molecule has 0 unspecified atom stereocenters. The lowest BCUT2D eigenvalue weighted by Crippen LogP contribution is -2.31. The van der Waals surface area contributed by atoms with E-state index in [1.165, 1.54) is 11.3 Å². The summed E-state index contributed by atoms with van der Waals surface area (Å²) < 4.78 is 7.52. The minimum absolute atomic E-state index is 0.00414. The van der Waals surface area contributed by atoms with Gasteiger partial charge in [-0.3, -0.25) is 14.2 Å². The first kappa shape index (κ1) is 18.8. The first-order chi connectivity index (χ1) is 14.1. The summed E-state index contributed by atoms with van der Waals surface area (Å²) in [5.41, 5.74) is 1.78. The highest BCUT2D eigenvalue weighted by atomic mass is 35.5. The minimum atomic E-state index is -0.231. The number of benzene rings is 2. The van der Waals surface area contributed by atoms with Gasteiger partial charge >= 0.3 is 4.87 Å². The van der Waals surface area contributed by atoms with Gasteiger partial charge in [-0.25, -0.2) is 0 Å². The number of nitrogens with one attached hydrogen (secondary N) is 1. The molecule has 148 valence electrons. The van der Waals surface area contributed by atoms with Gasteiger partial charge in [0.2, 0.25) is 5.91 Å². The molecular weight excluding hydrogens is 428 g/mol. The first-order valence-corrected chi connectivity index (χ1v) is 11.4. The van der Waals surface area contributed by atoms with Crippen LogP contribution in [-0.4, -0.2) is 22.8 Å². The van der Waals surface area contributed by atoms with Crippen molar-refractivity contribution >= 4 is 46.3 Å². The number of ether oxygens (including phenoxy) is 1. The van der Waals surface area contributed by atoms with E-state index < -0.39 is 0 Å². The number of para-hydroxylation sites is 1. The number of halogens is 1. The van der Waals surface area contributed by atoms with Crippen LogP contribution in [0.15, 0.2) is 58.4 Å². The monoisotopic (exact) mass is 444 g/mol. The van der Waals surface area contributed by atoms with Gasteiger partial charge in [-0.05, 0) is 30.3 Å². The SMILES string of the molecule is O=C(Cn1c2c(sc1=O)[C@@H]1c3ccccc3OC[C@H]1CS2)Nc1ccc(Cl)cc1. The van der Waals surface area contributed by atoms with Crippen LogP contribution < -0.4 is 14.9 Å². The quantitative estimate of drug-likeness (QED) is 0.648. The van der Waals surface area contributed by atoms with E-state index in [0.29, 0.717) is 23.2 Å². The molecule has 0 saturated carbocycles. The molecule has 0 bridgehead atoms. The van der Waals surface area contributed by atoms with Crippen LogP contribution in [0.5, 0.6) is 5.75 Å². The predicted octanol–water partition coefficient (Wildman–Crippen LogP) is 4.45. The summed E-state index contributed by atoms with van der Waals surface area (Å²) in [5.74, 6) is 2.00. The molecule has 2 aliphatic rings. The summed E-state index contributed by atoms with van der Waals surface area (Å²) >= 11 is 8.78. The Morgan fingerprint density at radius 1 is 1.21 bits per heavy atom. The van der Waals surface area contributed by atoms with E-state index in [-0.39, 0.29) is 23.2 Å². The Morgan fingerprint density at radius 2 is 2.00 bits per heavy atom. The Kier molecular flexibility index (Phi) is 4.89. The topological polar surface area (TPSA) is 60.3 Å². The second kappa shape index (κ2) is 7.55. The molecule has 2 aromatic carbocycles. The van der Waals surface area contributed by atoms with Gasteiger partial charge in [0.05, 0.1) is 11.6 Å². The summed E-state index contributed by atoms with van der Waals surface area (Å²) in [5, 5.41) is 4.34. The molecule has 29 heavy (non-hydrogen) atoms. The standard InChI is InChI=1S/C21H17ClN2O3S2/c22-13-5-7-14(8-6-13)23-17(25)9-24-20-19(29-21(24)26)18-12(11-28-20)10-27-16-4-2-1-3-15(16)18/h1-8,12,18H,9-11H2,(H,23,25)/t12-,18-/m0/s1. The third-order valence-corrected chi connectivity index (χ3v) is 7.95. The number of thioether (sulfide) groups is 1. The molecule has 3 aromatic rings. The molecule has 0 spiro atoms. The van der Waals surface area contributed by atoms with Crippen LogP contribution in [0.25, 0.3) is 0 Å². The van der Waals surface area contributed by atoms with Crippen LogP contribution in [0.3, 0.4) is 0 Å². The molecule has 5 nitrogen and oxygen atoms in total. The van der Waals surface area contributed by atoms with Crippen LogP contribution >= 0.6 is 34.7 Å². The number of thiazole rings is 1. The van der Waals surface area contributed by atoms with Crippen molar-refractivity contribution in [3.05, 3.63) is 73.7 Å². The average Bonchev–Trinajstić information content (AvgIpc) is 3.04. The number of nitrogens with zero attached hydrogens (tertiary/aromatic N) is 1. The van der Waals surface area contributed by atoms with Gasteiger partial charge in [0.25, 0.3) is 0 Å². The average molecular weight is 445 g/mol. The van der Waals surface area contributed by atoms with Gasteiger partial charge in [-0.2, -0.15) is 0 Å². The molecule has 1 aromatic heterocycles. The Balaban J connectivity index is 1.44. The van der Waals surface area contributed by atoms with E-state index in [1.54, 1.807) is 40.6 Å². The Hall–Kier alpha value is -2.22. The number of rotatable bonds is 3. The van der Waals surface area contributed by atoms with Crippen LogP contribution in [0.4, 0.5) is 5.69 Å². The number of anilines is 1. The summed E-state index contributed by atoms with van der Waals surface area (Å²) in [6.45, 7) is 0.646. The van der Waals surface area contributed by atoms with Gasteiger partial charge in [0.15, 0.2) is 0 Å². The van der Waals surface area contributed by atoms with Crippen molar-refractivity contribution in [3.8, 4) is 5.75 Å². The van der Waals surface area contributed by atoms with E-state index in [2.05, 4.69) is 11.4 Å². The van der Waals surface area contributed by atoms with Gasteiger partial charge < -0.3 is 10.1 Å². The lowest BCUT2D eigenvalue weighted by molar-refractivity contribution is -0.116. The molecule has 1 amide bonds. The van der Waals surface area contributed by atoms with Gasteiger partial charge in [0, 0.05) is 38.7 Å². The zero-order valence-electron chi connectivity index (χ0n) is 15.3. The lowest BCUT2D eigenvalue weighted by Gasteiger charge is -2.36. The van der Waals surface area contributed by atoms with Crippen molar-refractivity contribution in [1.82, 2.24) is 4.57 Å². The van der Waals surface area contributed by atoms with E-state index in [0.717, 1.165) is 27.0 Å². The zero-order valence-corrected chi connectivity index (χ0v) is 17.7. The minimum Gasteiger partial charge on any atom is -0.493 e. The van der Waals surface area contributed by atoms with Crippen molar-refractivity contribution in [3.63, 3.8) is 0 Å². The fourth-order valence-corrected chi connectivity index (χ4v) is 6.69. The fourth-order valence-electron chi connectivity index (χ4n) is 3.87. The second-order valence-electron chi connectivity index (χ2n) is 7.08. The molecule has 0 radical (unpaired) electrons. The number of hydrogen-bond donors (Lipinski definition) is 1. The van der Waals surface area contributed by atoms with Crippen molar-refractivity contribution in [1.29, 1.82) is 0 Å². The maximum atomic E-state index is 12.8. The van der Waals surface area contributed by atoms with E-state index in [4.69, 9.17) is 16.3 Å². The van der Waals surface area contributed by atoms with E-state index in [9.17, 15) is 9.59 Å². The molecule has 1 N–H and O–H groups in total. The highest BCUT2D eigenvalue weighted by Gasteiger charge is 2.39. The molecule has 3 heterocycles. The third-order valence-electron chi connectivity index (χ3n) is 5.20. The molecule has 8 heteroatoms. The number of amides is 1. The summed E-state index contributed by atoms with van der Waals surface area (Å²) in [4.78, 5) is 26.3. The van der Waals surface area contributed by atoms with Crippen LogP contribution in [-0.2, 0) is 11.3 Å². The molecule has 0 fully saturated rings. The van der Waals surface area contributed by atoms with E-state index in [1.807, 2.05) is 18.2 Å². The maximum absolute atomic E-state index is 12.8. The lowest BCUT2D eigenvalue weighted by atomic mass is 9.84. The molecule has 2 aliphatic heterocycles. The number of fused-ring (bicyclic) bond motifs is 5. The Bertz CT molecular complexity index is 1140. The molecular formula is C21H17ClN2O3S2. The van der Waals surface area contributed by atoms with Crippen molar-refractivity contribution < 1.29 is 9.53 Å². The normalized spacial score (nSPS) is 19.5. The zero-order chi connectivity index (χ0) is 20.0. The van der Waals surface area contributed by atoms with Gasteiger partial charge in [-0.15, -0.1) is 11.8 Å². The van der Waals surface area contributed by atoms with Crippen molar-refractivity contribution in [2.24, 2.45) is 5.92 Å². The Labute approximate surface area is 180 Å².